The minimum absolute atomic E-state index is 0.507. The Hall–Kier alpha value is -0.480. The van der Waals surface area contributed by atoms with Gasteiger partial charge in [-0.15, -0.1) is 0 Å². The van der Waals surface area contributed by atoms with Crippen LogP contribution in [-0.2, 0) is 0 Å². The average molecular weight is 244 g/mol. The number of thioether (sulfide) groups is 1. The molecular formula is C10H14ClN3S. The van der Waals surface area contributed by atoms with Crippen LogP contribution in [0, 0.1) is 0 Å². The molecule has 0 radical (unpaired) electrons. The van der Waals surface area contributed by atoms with Crippen molar-refractivity contribution in [1.29, 1.82) is 0 Å². The lowest BCUT2D eigenvalue weighted by Gasteiger charge is -2.28. The van der Waals surface area contributed by atoms with E-state index in [0.717, 1.165) is 18.1 Å². The molecule has 0 spiro atoms. The number of halogens is 1. The van der Waals surface area contributed by atoms with Crippen LogP contribution in [0.5, 0.6) is 0 Å². The highest BCUT2D eigenvalue weighted by Gasteiger charge is 2.20. The van der Waals surface area contributed by atoms with Crippen LogP contribution in [0.3, 0.4) is 0 Å². The zero-order valence-corrected chi connectivity index (χ0v) is 10.3. The van der Waals surface area contributed by atoms with Gasteiger partial charge in [0.25, 0.3) is 0 Å². The SMILES string of the molecule is CC1CCSCCN1c1ncncc1Cl. The van der Waals surface area contributed by atoms with Gasteiger partial charge in [0.15, 0.2) is 5.82 Å². The van der Waals surface area contributed by atoms with Gasteiger partial charge in [-0.2, -0.15) is 11.8 Å². The van der Waals surface area contributed by atoms with Gasteiger partial charge in [0.05, 0.1) is 6.20 Å². The van der Waals surface area contributed by atoms with Crippen molar-refractivity contribution in [2.24, 2.45) is 0 Å². The van der Waals surface area contributed by atoms with Crippen LogP contribution in [0.4, 0.5) is 5.82 Å². The zero-order chi connectivity index (χ0) is 10.7. The lowest BCUT2D eigenvalue weighted by Crippen LogP contribution is -2.34. The Morgan fingerprint density at radius 2 is 2.40 bits per heavy atom. The number of rotatable bonds is 1. The Labute approximate surface area is 99.2 Å². The van der Waals surface area contributed by atoms with Crippen molar-refractivity contribution in [2.45, 2.75) is 19.4 Å². The number of anilines is 1. The second-order valence-electron chi connectivity index (χ2n) is 3.64. The summed E-state index contributed by atoms with van der Waals surface area (Å²) in [7, 11) is 0. The Balaban J connectivity index is 2.24. The second-order valence-corrected chi connectivity index (χ2v) is 5.27. The highest BCUT2D eigenvalue weighted by atomic mass is 35.5. The van der Waals surface area contributed by atoms with E-state index in [2.05, 4.69) is 21.8 Å². The maximum Gasteiger partial charge on any atom is 0.151 e. The molecule has 0 saturated carbocycles. The Kier molecular flexibility index (Phi) is 3.70. The molecule has 0 amide bonds. The van der Waals surface area contributed by atoms with E-state index in [0.29, 0.717) is 11.1 Å². The molecule has 1 aromatic heterocycles. The highest BCUT2D eigenvalue weighted by molar-refractivity contribution is 7.99. The minimum atomic E-state index is 0.507. The van der Waals surface area contributed by atoms with Crippen LogP contribution in [0.2, 0.25) is 5.02 Å². The molecule has 0 N–H and O–H groups in total. The fourth-order valence-corrected chi connectivity index (χ4v) is 2.98. The van der Waals surface area contributed by atoms with Crippen LogP contribution < -0.4 is 4.90 Å². The molecule has 1 aliphatic rings. The van der Waals surface area contributed by atoms with E-state index in [1.54, 1.807) is 12.5 Å². The van der Waals surface area contributed by atoms with Gasteiger partial charge >= 0.3 is 0 Å². The van der Waals surface area contributed by atoms with Gasteiger partial charge in [0.2, 0.25) is 0 Å². The topological polar surface area (TPSA) is 29.0 Å². The summed E-state index contributed by atoms with van der Waals surface area (Å²) in [6.07, 6.45) is 4.41. The first kappa shape index (κ1) is 11.0. The van der Waals surface area contributed by atoms with E-state index < -0.39 is 0 Å². The summed E-state index contributed by atoms with van der Waals surface area (Å²) in [6.45, 7) is 3.24. The lowest BCUT2D eigenvalue weighted by atomic mass is 10.2. The zero-order valence-electron chi connectivity index (χ0n) is 8.69. The monoisotopic (exact) mass is 243 g/mol. The molecule has 2 heterocycles. The minimum Gasteiger partial charge on any atom is -0.352 e. The van der Waals surface area contributed by atoms with Crippen molar-refractivity contribution in [1.82, 2.24) is 9.97 Å². The third-order valence-electron chi connectivity index (χ3n) is 2.61. The van der Waals surface area contributed by atoms with E-state index in [1.807, 2.05) is 11.8 Å². The summed E-state index contributed by atoms with van der Waals surface area (Å²) in [5.41, 5.74) is 0. The molecule has 1 unspecified atom stereocenters. The van der Waals surface area contributed by atoms with E-state index in [9.17, 15) is 0 Å². The van der Waals surface area contributed by atoms with Crippen molar-refractivity contribution >= 4 is 29.2 Å². The van der Waals surface area contributed by atoms with E-state index >= 15 is 0 Å². The van der Waals surface area contributed by atoms with Crippen LogP contribution >= 0.6 is 23.4 Å². The van der Waals surface area contributed by atoms with Gasteiger partial charge in [-0.25, -0.2) is 9.97 Å². The molecule has 82 valence electrons. The first-order chi connectivity index (χ1) is 7.29. The molecule has 3 nitrogen and oxygen atoms in total. The van der Waals surface area contributed by atoms with Crippen molar-refractivity contribution in [2.75, 3.05) is 23.0 Å². The molecule has 1 fully saturated rings. The van der Waals surface area contributed by atoms with Gasteiger partial charge < -0.3 is 4.90 Å². The summed E-state index contributed by atoms with van der Waals surface area (Å²) in [5, 5.41) is 0.649. The summed E-state index contributed by atoms with van der Waals surface area (Å²) in [5.74, 6) is 3.24. The molecule has 0 aromatic carbocycles. The van der Waals surface area contributed by atoms with E-state index in [-0.39, 0.29) is 0 Å². The number of hydrogen-bond donors (Lipinski definition) is 0. The van der Waals surface area contributed by atoms with E-state index in [4.69, 9.17) is 11.6 Å². The molecule has 1 saturated heterocycles. The highest BCUT2D eigenvalue weighted by Crippen LogP contribution is 2.26. The summed E-state index contributed by atoms with van der Waals surface area (Å²) < 4.78 is 0. The van der Waals surface area contributed by atoms with Crippen molar-refractivity contribution in [3.8, 4) is 0 Å². The Bertz CT molecular complexity index is 334. The molecule has 15 heavy (non-hydrogen) atoms. The summed E-state index contributed by atoms with van der Waals surface area (Å²) in [6, 6.07) is 0.507. The van der Waals surface area contributed by atoms with Crippen molar-refractivity contribution in [3.05, 3.63) is 17.5 Å². The van der Waals surface area contributed by atoms with Crippen molar-refractivity contribution in [3.63, 3.8) is 0 Å². The largest absolute Gasteiger partial charge is 0.352 e. The lowest BCUT2D eigenvalue weighted by molar-refractivity contribution is 0.638. The molecule has 1 aromatic rings. The fraction of sp³-hybridized carbons (Fsp3) is 0.600. The summed E-state index contributed by atoms with van der Waals surface area (Å²) >= 11 is 8.10. The molecule has 5 heteroatoms. The fourth-order valence-electron chi connectivity index (χ4n) is 1.73. The maximum absolute atomic E-state index is 6.10. The number of aromatic nitrogens is 2. The first-order valence-electron chi connectivity index (χ1n) is 5.09. The van der Waals surface area contributed by atoms with Crippen LogP contribution in [-0.4, -0.2) is 34.1 Å². The molecule has 0 bridgehead atoms. The Morgan fingerprint density at radius 1 is 1.53 bits per heavy atom. The van der Waals surface area contributed by atoms with Gasteiger partial charge in [-0.1, -0.05) is 11.6 Å². The molecule has 1 atom stereocenters. The average Bonchev–Trinajstić information content (AvgIpc) is 2.44. The third-order valence-corrected chi connectivity index (χ3v) is 3.87. The molecule has 1 aliphatic heterocycles. The maximum atomic E-state index is 6.10. The third kappa shape index (κ3) is 2.55. The Morgan fingerprint density at radius 3 is 3.20 bits per heavy atom. The van der Waals surface area contributed by atoms with Gasteiger partial charge in [0.1, 0.15) is 11.3 Å². The van der Waals surface area contributed by atoms with Crippen LogP contribution in [0.1, 0.15) is 13.3 Å². The molecule has 2 rings (SSSR count). The summed E-state index contributed by atoms with van der Waals surface area (Å²) in [4.78, 5) is 10.5. The normalized spacial score (nSPS) is 22.5. The van der Waals surface area contributed by atoms with Crippen molar-refractivity contribution < 1.29 is 0 Å². The smallest absolute Gasteiger partial charge is 0.151 e. The molecule has 0 aliphatic carbocycles. The van der Waals surface area contributed by atoms with Crippen LogP contribution in [0.15, 0.2) is 12.5 Å². The standard InChI is InChI=1S/C10H14ClN3S/c1-8-2-4-15-5-3-14(8)10-9(11)6-12-7-13-10/h6-8H,2-5H2,1H3. The van der Waals surface area contributed by atoms with Crippen LogP contribution in [0.25, 0.3) is 0 Å². The first-order valence-corrected chi connectivity index (χ1v) is 6.62. The van der Waals surface area contributed by atoms with Gasteiger partial charge in [0, 0.05) is 18.3 Å². The number of hydrogen-bond acceptors (Lipinski definition) is 4. The quantitative estimate of drug-likeness (QED) is 0.758. The molecular weight excluding hydrogens is 230 g/mol. The van der Waals surface area contributed by atoms with Gasteiger partial charge in [-0.3, -0.25) is 0 Å². The van der Waals surface area contributed by atoms with E-state index in [1.165, 1.54) is 12.2 Å². The number of nitrogens with zero attached hydrogens (tertiary/aromatic N) is 3. The predicted octanol–water partition coefficient (Wildman–Crippen LogP) is 2.46. The predicted molar refractivity (Wildman–Crippen MR) is 65.8 cm³/mol. The van der Waals surface area contributed by atoms with Gasteiger partial charge in [-0.05, 0) is 19.1 Å². The second kappa shape index (κ2) is 5.03.